The van der Waals surface area contributed by atoms with Crippen LogP contribution in [0.25, 0.3) is 10.8 Å². The molecule has 3 heteroatoms. The van der Waals surface area contributed by atoms with Crippen molar-refractivity contribution >= 4 is 10.8 Å². The predicted molar refractivity (Wildman–Crippen MR) is 54.5 cm³/mol. The zero-order valence-electron chi connectivity index (χ0n) is 8.44. The third-order valence-electron chi connectivity index (χ3n) is 2.46. The smallest absolute Gasteiger partial charge is 0.234 e. The third-order valence-corrected chi connectivity index (χ3v) is 2.46. The normalized spacial score (nSPS) is 9.33. The summed E-state index contributed by atoms with van der Waals surface area (Å²) in [6, 6.07) is 12.4. The van der Waals surface area contributed by atoms with E-state index in [1.165, 1.54) is 10.8 Å². The van der Waals surface area contributed by atoms with Crippen LogP contribution < -0.4 is 21.5 Å². The Hall–Kier alpha value is -1.40. The Morgan fingerprint density at radius 2 is 2.00 bits per heavy atom. The van der Waals surface area contributed by atoms with Crippen molar-refractivity contribution in [2.45, 2.75) is 13.5 Å². The van der Waals surface area contributed by atoms with E-state index in [1.54, 1.807) is 0 Å². The number of aryl methyl sites for hydroxylation is 1. The van der Waals surface area contributed by atoms with Crippen LogP contribution in [0.3, 0.4) is 0 Å². The SMILES string of the molecule is Cc1c2ccccc2cc[n+]1CC#N.[Br-]. The summed E-state index contributed by atoms with van der Waals surface area (Å²) >= 11 is 0. The number of hydrogen-bond donors (Lipinski definition) is 0. The zero-order chi connectivity index (χ0) is 9.97. The summed E-state index contributed by atoms with van der Waals surface area (Å²) in [7, 11) is 0. The molecule has 0 fully saturated rings. The van der Waals surface area contributed by atoms with Gasteiger partial charge in [-0.2, -0.15) is 9.83 Å². The van der Waals surface area contributed by atoms with Gasteiger partial charge in [-0.05, 0) is 11.5 Å². The number of nitrogens with zero attached hydrogens (tertiary/aromatic N) is 2. The molecule has 0 saturated carbocycles. The summed E-state index contributed by atoms with van der Waals surface area (Å²) < 4.78 is 1.96. The number of benzene rings is 1. The standard InChI is InChI=1S/C12H11N2.BrH/c1-10-12-5-3-2-4-11(12)6-8-14(10)9-7-13;/h2-6,8H,9H2,1H3;1H/q+1;/p-1. The van der Waals surface area contributed by atoms with Gasteiger partial charge in [-0.3, -0.25) is 0 Å². The molecule has 0 bridgehead atoms. The first-order chi connectivity index (χ1) is 6.83. The van der Waals surface area contributed by atoms with Crippen LogP contribution in [-0.2, 0) is 6.54 Å². The molecule has 0 aliphatic carbocycles. The molecule has 0 unspecified atom stereocenters. The number of rotatable bonds is 1. The van der Waals surface area contributed by atoms with Crippen LogP contribution in [-0.4, -0.2) is 0 Å². The lowest BCUT2D eigenvalue weighted by atomic mass is 10.1. The zero-order valence-corrected chi connectivity index (χ0v) is 10.0. The number of aromatic nitrogens is 1. The van der Waals surface area contributed by atoms with E-state index in [0.717, 1.165) is 5.69 Å². The van der Waals surface area contributed by atoms with Crippen LogP contribution in [0, 0.1) is 18.3 Å². The molecule has 0 N–H and O–H groups in total. The molecule has 0 aliphatic rings. The Kier molecular flexibility index (Phi) is 3.81. The van der Waals surface area contributed by atoms with Gasteiger partial charge in [0.2, 0.25) is 6.54 Å². The molecule has 2 rings (SSSR count). The lowest BCUT2D eigenvalue weighted by Crippen LogP contribution is -3.00. The highest BCUT2D eigenvalue weighted by atomic mass is 79.9. The van der Waals surface area contributed by atoms with Crippen LogP contribution >= 0.6 is 0 Å². The van der Waals surface area contributed by atoms with Crippen molar-refractivity contribution in [2.24, 2.45) is 0 Å². The van der Waals surface area contributed by atoms with Gasteiger partial charge in [0.25, 0.3) is 0 Å². The maximum atomic E-state index is 8.65. The van der Waals surface area contributed by atoms with Crippen molar-refractivity contribution < 1.29 is 21.5 Å². The molecule has 0 spiro atoms. The summed E-state index contributed by atoms with van der Waals surface area (Å²) in [4.78, 5) is 0. The molecule has 0 amide bonds. The topological polar surface area (TPSA) is 27.7 Å². The Morgan fingerprint density at radius 1 is 1.27 bits per heavy atom. The second-order valence-electron chi connectivity index (χ2n) is 3.27. The summed E-state index contributed by atoms with van der Waals surface area (Å²) in [6.07, 6.45) is 1.96. The molecule has 2 nitrogen and oxygen atoms in total. The Bertz CT molecular complexity index is 515. The van der Waals surface area contributed by atoms with E-state index in [2.05, 4.69) is 18.2 Å². The van der Waals surface area contributed by atoms with E-state index >= 15 is 0 Å². The van der Waals surface area contributed by atoms with Gasteiger partial charge in [0.15, 0.2) is 11.9 Å². The van der Waals surface area contributed by atoms with Crippen molar-refractivity contribution in [1.82, 2.24) is 0 Å². The van der Waals surface area contributed by atoms with Gasteiger partial charge in [0, 0.05) is 18.4 Å². The van der Waals surface area contributed by atoms with Crippen LogP contribution in [0.15, 0.2) is 36.5 Å². The number of hydrogen-bond acceptors (Lipinski definition) is 1. The predicted octanol–water partition coefficient (Wildman–Crippen LogP) is -1.04. The quantitative estimate of drug-likeness (QED) is 0.604. The van der Waals surface area contributed by atoms with Gasteiger partial charge < -0.3 is 17.0 Å². The van der Waals surface area contributed by atoms with Crippen molar-refractivity contribution in [3.8, 4) is 6.07 Å². The molecule has 1 heterocycles. The monoisotopic (exact) mass is 262 g/mol. The maximum Gasteiger partial charge on any atom is 0.234 e. The molecule has 0 radical (unpaired) electrons. The summed E-state index contributed by atoms with van der Waals surface area (Å²) in [5, 5.41) is 11.1. The van der Waals surface area contributed by atoms with Crippen molar-refractivity contribution in [2.75, 3.05) is 0 Å². The molecule has 0 saturated heterocycles. The van der Waals surface area contributed by atoms with Crippen LogP contribution in [0.2, 0.25) is 0 Å². The number of pyridine rings is 1. The van der Waals surface area contributed by atoms with Crippen molar-refractivity contribution in [1.29, 1.82) is 5.26 Å². The number of fused-ring (bicyclic) bond motifs is 1. The maximum absolute atomic E-state index is 8.65. The molecule has 2 aromatic rings. The molecule has 0 aliphatic heterocycles. The first kappa shape index (κ1) is 11.7. The Labute approximate surface area is 99.5 Å². The van der Waals surface area contributed by atoms with Gasteiger partial charge in [-0.1, -0.05) is 18.2 Å². The summed E-state index contributed by atoms with van der Waals surface area (Å²) in [6.45, 7) is 2.45. The molecular formula is C12H11BrN2. The van der Waals surface area contributed by atoms with Gasteiger partial charge >= 0.3 is 0 Å². The fraction of sp³-hybridized carbons (Fsp3) is 0.167. The summed E-state index contributed by atoms with van der Waals surface area (Å²) in [5.74, 6) is 0. The first-order valence-electron chi connectivity index (χ1n) is 4.57. The minimum absolute atomic E-state index is 0. The van der Waals surface area contributed by atoms with E-state index in [1.807, 2.05) is 35.9 Å². The Balaban J connectivity index is 0.00000112. The van der Waals surface area contributed by atoms with E-state index in [9.17, 15) is 0 Å². The summed E-state index contributed by atoms with van der Waals surface area (Å²) in [5.41, 5.74) is 1.14. The molecule has 1 aromatic heterocycles. The second kappa shape index (κ2) is 4.90. The van der Waals surface area contributed by atoms with Gasteiger partial charge in [-0.15, -0.1) is 0 Å². The molecular weight excluding hydrogens is 252 g/mol. The number of halogens is 1. The molecule has 0 atom stereocenters. The largest absolute Gasteiger partial charge is 1.00 e. The molecule has 1 aromatic carbocycles. The van der Waals surface area contributed by atoms with Gasteiger partial charge in [0.1, 0.15) is 6.07 Å². The van der Waals surface area contributed by atoms with E-state index in [4.69, 9.17) is 5.26 Å². The van der Waals surface area contributed by atoms with Gasteiger partial charge in [-0.25, -0.2) is 0 Å². The molecule has 76 valence electrons. The van der Waals surface area contributed by atoms with E-state index < -0.39 is 0 Å². The minimum Gasteiger partial charge on any atom is -1.00 e. The highest BCUT2D eigenvalue weighted by Crippen LogP contribution is 2.13. The highest BCUT2D eigenvalue weighted by Gasteiger charge is 2.08. The third kappa shape index (κ3) is 2.16. The van der Waals surface area contributed by atoms with E-state index in [0.29, 0.717) is 6.54 Å². The molecule has 15 heavy (non-hydrogen) atoms. The van der Waals surface area contributed by atoms with Gasteiger partial charge in [0.05, 0.1) is 0 Å². The lowest BCUT2D eigenvalue weighted by Gasteiger charge is -2.00. The fourth-order valence-electron chi connectivity index (χ4n) is 1.66. The first-order valence-corrected chi connectivity index (χ1v) is 4.57. The average molecular weight is 263 g/mol. The van der Waals surface area contributed by atoms with Crippen LogP contribution in [0.5, 0.6) is 0 Å². The fourth-order valence-corrected chi connectivity index (χ4v) is 1.66. The lowest BCUT2D eigenvalue weighted by molar-refractivity contribution is -0.689. The van der Waals surface area contributed by atoms with Crippen LogP contribution in [0.1, 0.15) is 5.69 Å². The van der Waals surface area contributed by atoms with Crippen LogP contribution in [0.4, 0.5) is 0 Å². The highest BCUT2D eigenvalue weighted by molar-refractivity contribution is 5.83. The van der Waals surface area contributed by atoms with Crippen molar-refractivity contribution in [3.63, 3.8) is 0 Å². The number of nitriles is 1. The average Bonchev–Trinajstić information content (AvgIpc) is 2.23. The van der Waals surface area contributed by atoms with Crippen molar-refractivity contribution in [3.05, 3.63) is 42.2 Å². The van der Waals surface area contributed by atoms with E-state index in [-0.39, 0.29) is 17.0 Å². The minimum atomic E-state index is 0. The second-order valence-corrected chi connectivity index (χ2v) is 3.27. The Morgan fingerprint density at radius 3 is 2.73 bits per heavy atom.